The minimum absolute atomic E-state index is 0.0435. The molecule has 1 heterocycles. The Kier molecular flexibility index (Phi) is 6.76. The van der Waals surface area contributed by atoms with Gasteiger partial charge in [-0.15, -0.1) is 0 Å². The molecule has 30 heavy (non-hydrogen) atoms. The van der Waals surface area contributed by atoms with Gasteiger partial charge in [0, 0.05) is 19.8 Å². The summed E-state index contributed by atoms with van der Waals surface area (Å²) in [7, 11) is 0. The van der Waals surface area contributed by atoms with E-state index < -0.39 is 23.6 Å². The van der Waals surface area contributed by atoms with Gasteiger partial charge in [0.05, 0.1) is 0 Å². The van der Waals surface area contributed by atoms with Crippen molar-refractivity contribution in [1.29, 1.82) is 0 Å². The zero-order valence-corrected chi connectivity index (χ0v) is 18.1. The topological polar surface area (TPSA) is 52.6 Å². The number of benzene rings is 2. The molecule has 2 atom stereocenters. The van der Waals surface area contributed by atoms with Crippen molar-refractivity contribution in [2.45, 2.75) is 45.8 Å². The second-order valence-electron chi connectivity index (χ2n) is 8.64. The maximum absolute atomic E-state index is 12.6. The summed E-state index contributed by atoms with van der Waals surface area (Å²) in [6.07, 6.45) is 4.66. The van der Waals surface area contributed by atoms with Gasteiger partial charge in [0.25, 0.3) is 5.79 Å². The van der Waals surface area contributed by atoms with Crippen LogP contribution in [0.1, 0.15) is 51.2 Å². The van der Waals surface area contributed by atoms with Crippen LogP contribution in [0.2, 0.25) is 0 Å². The lowest BCUT2D eigenvalue weighted by Crippen LogP contribution is -2.47. The lowest BCUT2D eigenvalue weighted by atomic mass is 9.74. The maximum Gasteiger partial charge on any atom is 0.323 e. The van der Waals surface area contributed by atoms with Gasteiger partial charge in [-0.1, -0.05) is 86.7 Å². The van der Waals surface area contributed by atoms with E-state index in [9.17, 15) is 9.59 Å². The molecule has 158 valence electrons. The van der Waals surface area contributed by atoms with E-state index in [4.69, 9.17) is 9.47 Å². The summed E-state index contributed by atoms with van der Waals surface area (Å²) >= 11 is 0. The normalized spacial score (nSPS) is 18.8. The Morgan fingerprint density at radius 1 is 0.900 bits per heavy atom. The highest BCUT2D eigenvalue weighted by Crippen LogP contribution is 2.39. The zero-order valence-electron chi connectivity index (χ0n) is 18.1. The average molecular weight is 407 g/mol. The lowest BCUT2D eigenvalue weighted by Gasteiger charge is -2.36. The monoisotopic (exact) mass is 406 g/mol. The maximum atomic E-state index is 12.6. The summed E-state index contributed by atoms with van der Waals surface area (Å²) in [5, 5.41) is 0. The van der Waals surface area contributed by atoms with Crippen LogP contribution in [0.3, 0.4) is 0 Å². The van der Waals surface area contributed by atoms with Gasteiger partial charge in [0.1, 0.15) is 0 Å². The molecule has 2 unspecified atom stereocenters. The van der Waals surface area contributed by atoms with Gasteiger partial charge in [0.15, 0.2) is 5.92 Å². The largest absolute Gasteiger partial charge is 0.422 e. The third-order valence-electron chi connectivity index (χ3n) is 5.57. The van der Waals surface area contributed by atoms with Gasteiger partial charge < -0.3 is 9.47 Å². The molecule has 3 rings (SSSR count). The number of carbonyl (C=O) groups excluding carboxylic acids is 2. The number of carbonyl (C=O) groups is 2. The van der Waals surface area contributed by atoms with Crippen molar-refractivity contribution in [2.75, 3.05) is 0 Å². The molecule has 1 aliphatic rings. The number of hydrogen-bond acceptors (Lipinski definition) is 4. The Morgan fingerprint density at radius 2 is 1.43 bits per heavy atom. The van der Waals surface area contributed by atoms with Crippen molar-refractivity contribution >= 4 is 18.0 Å². The van der Waals surface area contributed by atoms with Crippen molar-refractivity contribution in [3.05, 3.63) is 77.9 Å². The van der Waals surface area contributed by atoms with E-state index in [2.05, 4.69) is 50.3 Å². The van der Waals surface area contributed by atoms with Crippen LogP contribution in [0, 0.1) is 17.8 Å². The Balaban J connectivity index is 1.91. The fraction of sp³-hybridized carbons (Fsp3) is 0.385. The van der Waals surface area contributed by atoms with Gasteiger partial charge in [-0.3, -0.25) is 9.59 Å². The first-order valence-electron chi connectivity index (χ1n) is 10.5. The fourth-order valence-corrected chi connectivity index (χ4v) is 4.00. The molecule has 1 aliphatic heterocycles. The third kappa shape index (κ3) is 5.38. The van der Waals surface area contributed by atoms with Gasteiger partial charge in [-0.2, -0.15) is 0 Å². The highest BCUT2D eigenvalue weighted by Gasteiger charge is 2.45. The van der Waals surface area contributed by atoms with Crippen LogP contribution in [-0.2, 0) is 19.1 Å². The van der Waals surface area contributed by atoms with Crippen molar-refractivity contribution in [3.8, 4) is 0 Å². The lowest BCUT2D eigenvalue weighted by molar-refractivity contribution is -0.240. The molecule has 4 heteroatoms. The van der Waals surface area contributed by atoms with E-state index in [1.54, 1.807) is 13.8 Å². The van der Waals surface area contributed by atoms with E-state index in [0.717, 1.165) is 11.1 Å². The summed E-state index contributed by atoms with van der Waals surface area (Å²) in [5.74, 6) is -2.76. The van der Waals surface area contributed by atoms with E-state index in [0.29, 0.717) is 6.42 Å². The molecular weight excluding hydrogens is 376 g/mol. The van der Waals surface area contributed by atoms with Crippen LogP contribution in [0.4, 0.5) is 0 Å². The molecule has 0 amide bonds. The van der Waals surface area contributed by atoms with E-state index in [1.165, 1.54) is 0 Å². The highest BCUT2D eigenvalue weighted by molar-refractivity contribution is 5.96. The number of rotatable bonds is 7. The first kappa shape index (κ1) is 21.8. The van der Waals surface area contributed by atoms with Crippen LogP contribution in [0.5, 0.6) is 0 Å². The molecule has 0 spiro atoms. The van der Waals surface area contributed by atoms with Crippen molar-refractivity contribution < 1.29 is 19.1 Å². The molecule has 1 fully saturated rings. The van der Waals surface area contributed by atoms with Gasteiger partial charge >= 0.3 is 11.9 Å². The van der Waals surface area contributed by atoms with E-state index >= 15 is 0 Å². The van der Waals surface area contributed by atoms with Crippen LogP contribution >= 0.6 is 0 Å². The summed E-state index contributed by atoms with van der Waals surface area (Å²) in [4.78, 5) is 25.2. The van der Waals surface area contributed by atoms with Crippen LogP contribution in [0.15, 0.2) is 66.7 Å². The molecule has 0 aromatic heterocycles. The van der Waals surface area contributed by atoms with Gasteiger partial charge in [0.2, 0.25) is 0 Å². The Bertz CT molecular complexity index is 864. The molecule has 0 bridgehead atoms. The van der Waals surface area contributed by atoms with Gasteiger partial charge in [-0.05, 0) is 29.4 Å². The van der Waals surface area contributed by atoms with Crippen molar-refractivity contribution in [1.82, 2.24) is 0 Å². The minimum Gasteiger partial charge on any atom is -0.422 e. The number of esters is 2. The second-order valence-corrected chi connectivity index (χ2v) is 8.64. The summed E-state index contributed by atoms with van der Waals surface area (Å²) in [6, 6.07) is 20.3. The molecule has 4 nitrogen and oxygen atoms in total. The van der Waals surface area contributed by atoms with Crippen LogP contribution < -0.4 is 0 Å². The van der Waals surface area contributed by atoms with E-state index in [-0.39, 0.29) is 17.8 Å². The molecule has 1 saturated heterocycles. The van der Waals surface area contributed by atoms with Crippen molar-refractivity contribution in [2.24, 2.45) is 17.8 Å². The molecule has 2 aromatic rings. The summed E-state index contributed by atoms with van der Waals surface area (Å²) < 4.78 is 10.7. The Hall–Kier alpha value is -2.88. The third-order valence-corrected chi connectivity index (χ3v) is 5.57. The van der Waals surface area contributed by atoms with Gasteiger partial charge in [-0.25, -0.2) is 0 Å². The first-order chi connectivity index (χ1) is 14.3. The standard InChI is InChI=1S/C26H30O4/c1-18(2)22(17-23-24(27)29-26(3,4)30-25(23)28)21(20-13-9-6-10-14-20)16-15-19-11-7-5-8-12-19/h5-16,18,21-23H,17H2,1-4H3/b16-15+. The molecule has 0 radical (unpaired) electrons. The summed E-state index contributed by atoms with van der Waals surface area (Å²) in [5.41, 5.74) is 2.26. The molecule has 2 aromatic carbocycles. The molecular formula is C26H30O4. The second kappa shape index (κ2) is 9.29. The van der Waals surface area contributed by atoms with Crippen molar-refractivity contribution in [3.63, 3.8) is 0 Å². The first-order valence-corrected chi connectivity index (χ1v) is 10.5. The van der Waals surface area contributed by atoms with Crippen LogP contribution in [0.25, 0.3) is 6.08 Å². The Morgan fingerprint density at radius 3 is 1.97 bits per heavy atom. The molecule has 0 saturated carbocycles. The smallest absolute Gasteiger partial charge is 0.323 e. The number of ether oxygens (including phenoxy) is 2. The van der Waals surface area contributed by atoms with E-state index in [1.807, 2.05) is 36.4 Å². The fourth-order valence-electron chi connectivity index (χ4n) is 4.00. The predicted molar refractivity (Wildman–Crippen MR) is 117 cm³/mol. The number of allylic oxidation sites excluding steroid dienone is 1. The average Bonchev–Trinajstić information content (AvgIpc) is 2.69. The predicted octanol–water partition coefficient (Wildman–Crippen LogP) is 5.60. The minimum atomic E-state index is -1.20. The molecule has 0 aliphatic carbocycles. The Labute approximate surface area is 178 Å². The zero-order chi connectivity index (χ0) is 21.7. The van der Waals surface area contributed by atoms with Crippen LogP contribution in [-0.4, -0.2) is 17.7 Å². The number of cyclic esters (lactones) is 2. The quantitative estimate of drug-likeness (QED) is 0.444. The number of hydrogen-bond donors (Lipinski definition) is 0. The highest BCUT2D eigenvalue weighted by atomic mass is 16.7. The summed E-state index contributed by atoms with van der Waals surface area (Å²) in [6.45, 7) is 7.41. The SMILES string of the molecule is CC(C)C(CC1C(=O)OC(C)(C)OC1=O)C(/C=C/c1ccccc1)c1ccccc1. The molecule has 0 N–H and O–H groups in total.